The number of benzene rings is 1. The van der Waals surface area contributed by atoms with E-state index in [0.717, 1.165) is 5.56 Å². The molecule has 1 atom stereocenters. The summed E-state index contributed by atoms with van der Waals surface area (Å²) < 4.78 is 33.4. The lowest BCUT2D eigenvalue weighted by molar-refractivity contribution is -0.149. The van der Waals surface area contributed by atoms with Gasteiger partial charge in [0.05, 0.1) is 19.1 Å². The van der Waals surface area contributed by atoms with Crippen molar-refractivity contribution in [3.05, 3.63) is 29.8 Å². The van der Waals surface area contributed by atoms with Gasteiger partial charge in [-0.3, -0.25) is 9.69 Å². The van der Waals surface area contributed by atoms with E-state index >= 15 is 0 Å². The van der Waals surface area contributed by atoms with Gasteiger partial charge in [-0.2, -0.15) is 0 Å². The number of nitrogens with zero attached hydrogens (tertiary/aromatic N) is 1. The number of carbonyl (C=O) groups is 1. The minimum Gasteiger partial charge on any atom is -0.497 e. The summed E-state index contributed by atoms with van der Waals surface area (Å²) in [5.74, 6) is -2.36. The number of likely N-dealkylation sites (tertiary alicyclic amines) is 1. The predicted octanol–water partition coefficient (Wildman–Crippen LogP) is 2.04. The SMILES string of the molecule is COc1cccc(CN2CC(F)(F)C[C@]3(CCNC3=O)C2)c1. The second-order valence-electron chi connectivity index (χ2n) is 6.32. The second kappa shape index (κ2) is 5.50. The smallest absolute Gasteiger partial charge is 0.261 e. The molecule has 2 fully saturated rings. The van der Waals surface area contributed by atoms with E-state index in [1.54, 1.807) is 12.0 Å². The Morgan fingerprint density at radius 2 is 2.18 bits per heavy atom. The summed E-state index contributed by atoms with van der Waals surface area (Å²) in [5.41, 5.74) is -0.0359. The molecule has 0 radical (unpaired) electrons. The van der Waals surface area contributed by atoms with Gasteiger partial charge in [0.25, 0.3) is 5.92 Å². The lowest BCUT2D eigenvalue weighted by Crippen LogP contribution is -2.54. The van der Waals surface area contributed by atoms with Crippen LogP contribution >= 0.6 is 0 Å². The van der Waals surface area contributed by atoms with Crippen LogP contribution in [0.3, 0.4) is 0 Å². The van der Waals surface area contributed by atoms with Gasteiger partial charge in [-0.25, -0.2) is 8.78 Å². The molecule has 2 heterocycles. The van der Waals surface area contributed by atoms with Gasteiger partial charge in [0.2, 0.25) is 5.91 Å². The van der Waals surface area contributed by atoms with Gasteiger partial charge in [-0.1, -0.05) is 12.1 Å². The van der Waals surface area contributed by atoms with E-state index in [9.17, 15) is 13.6 Å². The van der Waals surface area contributed by atoms with Crippen LogP contribution in [0, 0.1) is 5.41 Å². The topological polar surface area (TPSA) is 41.6 Å². The highest BCUT2D eigenvalue weighted by Gasteiger charge is 2.54. The fraction of sp³-hybridized carbons (Fsp3) is 0.562. The molecule has 0 aromatic heterocycles. The molecule has 0 unspecified atom stereocenters. The number of ether oxygens (including phenoxy) is 1. The molecule has 120 valence electrons. The number of amides is 1. The van der Waals surface area contributed by atoms with Crippen molar-refractivity contribution in [2.45, 2.75) is 25.3 Å². The van der Waals surface area contributed by atoms with Crippen molar-refractivity contribution in [3.63, 3.8) is 0 Å². The quantitative estimate of drug-likeness (QED) is 0.929. The molecular formula is C16H20F2N2O2. The van der Waals surface area contributed by atoms with Crippen LogP contribution in [0.5, 0.6) is 5.75 Å². The van der Waals surface area contributed by atoms with Crippen molar-refractivity contribution in [3.8, 4) is 5.75 Å². The zero-order valence-corrected chi connectivity index (χ0v) is 12.6. The first-order valence-electron chi connectivity index (χ1n) is 7.44. The standard InChI is InChI=1S/C16H20F2N2O2/c1-22-13-4-2-3-12(7-13)8-20-10-15(5-6-19-14(15)21)9-16(17,18)11-20/h2-4,7H,5-6,8-11H2,1H3,(H,19,21)/t15-/m1/s1. The van der Waals surface area contributed by atoms with Crippen molar-refractivity contribution in [1.29, 1.82) is 0 Å². The Hall–Kier alpha value is -1.69. The summed E-state index contributed by atoms with van der Waals surface area (Å²) in [4.78, 5) is 13.7. The highest BCUT2D eigenvalue weighted by atomic mass is 19.3. The van der Waals surface area contributed by atoms with Gasteiger partial charge in [0, 0.05) is 26.1 Å². The highest BCUT2D eigenvalue weighted by Crippen LogP contribution is 2.43. The Labute approximate surface area is 128 Å². The summed E-state index contributed by atoms with van der Waals surface area (Å²) in [5, 5.41) is 2.70. The Morgan fingerprint density at radius 3 is 2.86 bits per heavy atom. The van der Waals surface area contributed by atoms with Gasteiger partial charge in [0.1, 0.15) is 5.75 Å². The van der Waals surface area contributed by atoms with Gasteiger partial charge < -0.3 is 10.1 Å². The second-order valence-corrected chi connectivity index (χ2v) is 6.32. The van der Waals surface area contributed by atoms with Crippen LogP contribution < -0.4 is 10.1 Å². The third kappa shape index (κ3) is 2.92. The van der Waals surface area contributed by atoms with E-state index < -0.39 is 11.3 Å². The minimum atomic E-state index is -2.83. The van der Waals surface area contributed by atoms with E-state index in [1.807, 2.05) is 24.3 Å². The number of halogens is 2. The Bertz CT molecular complexity index is 579. The Balaban J connectivity index is 1.79. The molecule has 1 amide bonds. The zero-order chi connectivity index (χ0) is 15.8. The maximum Gasteiger partial charge on any atom is 0.261 e. The van der Waals surface area contributed by atoms with E-state index in [0.29, 0.717) is 31.8 Å². The van der Waals surface area contributed by atoms with E-state index in [2.05, 4.69) is 5.32 Å². The molecule has 2 aliphatic rings. The third-order valence-corrected chi connectivity index (χ3v) is 4.49. The van der Waals surface area contributed by atoms with Gasteiger partial charge in [0.15, 0.2) is 0 Å². The van der Waals surface area contributed by atoms with Crippen LogP contribution in [0.2, 0.25) is 0 Å². The summed E-state index contributed by atoms with van der Waals surface area (Å²) in [6.07, 6.45) is 0.135. The number of methoxy groups -OCH3 is 1. The number of rotatable bonds is 3. The van der Waals surface area contributed by atoms with Gasteiger partial charge in [-0.05, 0) is 24.1 Å². The molecule has 6 heteroatoms. The maximum atomic E-state index is 14.1. The summed E-state index contributed by atoms with van der Waals surface area (Å²) in [6, 6.07) is 7.39. The lowest BCUT2D eigenvalue weighted by Gasteiger charge is -2.42. The molecular weight excluding hydrogens is 290 g/mol. The van der Waals surface area contributed by atoms with Crippen LogP contribution in [0.1, 0.15) is 18.4 Å². The van der Waals surface area contributed by atoms with Crippen molar-refractivity contribution in [2.24, 2.45) is 5.41 Å². The molecule has 0 aliphatic carbocycles. The van der Waals surface area contributed by atoms with E-state index in [4.69, 9.17) is 4.74 Å². The van der Waals surface area contributed by atoms with E-state index in [-0.39, 0.29) is 18.9 Å². The number of alkyl halides is 2. The third-order valence-electron chi connectivity index (χ3n) is 4.49. The number of carbonyl (C=O) groups excluding carboxylic acids is 1. The molecule has 0 saturated carbocycles. The molecule has 4 nitrogen and oxygen atoms in total. The van der Waals surface area contributed by atoms with Crippen LogP contribution in [0.15, 0.2) is 24.3 Å². The van der Waals surface area contributed by atoms with E-state index in [1.165, 1.54) is 0 Å². The molecule has 1 aromatic rings. The summed E-state index contributed by atoms with van der Waals surface area (Å²) >= 11 is 0. The highest BCUT2D eigenvalue weighted by molar-refractivity contribution is 5.85. The number of hydrogen-bond donors (Lipinski definition) is 1. The molecule has 1 spiro atoms. The first kappa shape index (κ1) is 15.2. The van der Waals surface area contributed by atoms with Crippen molar-refractivity contribution in [2.75, 3.05) is 26.7 Å². The molecule has 22 heavy (non-hydrogen) atoms. The molecule has 1 N–H and O–H groups in total. The van der Waals surface area contributed by atoms with Crippen molar-refractivity contribution in [1.82, 2.24) is 10.2 Å². The number of nitrogens with one attached hydrogen (secondary N) is 1. The monoisotopic (exact) mass is 310 g/mol. The minimum absolute atomic E-state index is 0.234. The molecule has 3 rings (SSSR count). The number of piperidine rings is 1. The van der Waals surface area contributed by atoms with Gasteiger partial charge >= 0.3 is 0 Å². The van der Waals surface area contributed by atoms with Crippen LogP contribution in [0.4, 0.5) is 8.78 Å². The molecule has 2 aliphatic heterocycles. The normalized spacial score (nSPS) is 27.9. The lowest BCUT2D eigenvalue weighted by atomic mass is 9.77. The van der Waals surface area contributed by atoms with Crippen LogP contribution in [0.25, 0.3) is 0 Å². The Morgan fingerprint density at radius 1 is 1.36 bits per heavy atom. The summed E-state index contributed by atoms with van der Waals surface area (Å²) in [7, 11) is 1.58. The zero-order valence-electron chi connectivity index (χ0n) is 12.6. The predicted molar refractivity (Wildman–Crippen MR) is 77.9 cm³/mol. The summed E-state index contributed by atoms with van der Waals surface area (Å²) in [6.45, 7) is 0.953. The molecule has 0 bridgehead atoms. The fourth-order valence-electron chi connectivity index (χ4n) is 3.59. The molecule has 1 aromatic carbocycles. The molecule has 2 saturated heterocycles. The number of hydrogen-bond acceptors (Lipinski definition) is 3. The Kier molecular flexibility index (Phi) is 3.80. The van der Waals surface area contributed by atoms with Gasteiger partial charge in [-0.15, -0.1) is 0 Å². The largest absolute Gasteiger partial charge is 0.497 e. The van der Waals surface area contributed by atoms with Crippen LogP contribution in [-0.2, 0) is 11.3 Å². The van der Waals surface area contributed by atoms with Crippen LogP contribution in [-0.4, -0.2) is 43.5 Å². The average molecular weight is 310 g/mol. The fourth-order valence-corrected chi connectivity index (χ4v) is 3.59. The first-order chi connectivity index (χ1) is 10.4. The average Bonchev–Trinajstić information content (AvgIpc) is 2.77. The maximum absolute atomic E-state index is 14.1. The first-order valence-corrected chi connectivity index (χ1v) is 7.44. The van der Waals surface area contributed by atoms with Crippen molar-refractivity contribution < 1.29 is 18.3 Å². The van der Waals surface area contributed by atoms with Crippen molar-refractivity contribution >= 4 is 5.91 Å².